The van der Waals surface area contributed by atoms with E-state index in [1.165, 1.54) is 10.1 Å². The van der Waals surface area contributed by atoms with Crippen molar-refractivity contribution in [3.05, 3.63) is 81.0 Å². The van der Waals surface area contributed by atoms with Gasteiger partial charge in [0.1, 0.15) is 0 Å². The number of fused-ring (bicyclic) bond motifs is 1. The Hall–Kier alpha value is -3.19. The average Bonchev–Trinajstić information content (AvgIpc) is 3.19. The van der Waals surface area contributed by atoms with Crippen LogP contribution < -0.4 is 17.0 Å². The molecule has 0 bridgehead atoms. The number of hydrogen-bond donors (Lipinski definition) is 2. The number of para-hydroxylation sites is 1. The van der Waals surface area contributed by atoms with E-state index >= 15 is 0 Å². The van der Waals surface area contributed by atoms with Gasteiger partial charge >= 0.3 is 5.69 Å². The van der Waals surface area contributed by atoms with E-state index in [0.29, 0.717) is 30.5 Å². The van der Waals surface area contributed by atoms with E-state index in [1.807, 2.05) is 23.1 Å². The highest BCUT2D eigenvalue weighted by atomic mass is 16.2. The Morgan fingerprint density at radius 2 is 1.76 bits per heavy atom. The van der Waals surface area contributed by atoms with Crippen LogP contribution in [0.25, 0.3) is 10.9 Å². The second-order valence-electron chi connectivity index (χ2n) is 7.49. The summed E-state index contributed by atoms with van der Waals surface area (Å²) in [5.74, 6) is 0.434. The molecule has 0 saturated carbocycles. The molecule has 150 valence electrons. The molecular formula is C22H24N4O3. The number of aromatic amines is 1. The van der Waals surface area contributed by atoms with E-state index in [2.05, 4.69) is 17.1 Å². The van der Waals surface area contributed by atoms with E-state index in [0.717, 1.165) is 0 Å². The zero-order valence-corrected chi connectivity index (χ0v) is 16.1. The minimum absolute atomic E-state index is 0.0101. The minimum atomic E-state index is -0.495. The molecule has 2 aromatic carbocycles. The lowest BCUT2D eigenvalue weighted by Gasteiger charge is -2.17. The number of carbonyl (C=O) groups excluding carboxylic acids is 1. The van der Waals surface area contributed by atoms with E-state index in [9.17, 15) is 14.4 Å². The van der Waals surface area contributed by atoms with Gasteiger partial charge in [-0.05, 0) is 30.2 Å². The van der Waals surface area contributed by atoms with Crippen LogP contribution >= 0.6 is 0 Å². The lowest BCUT2D eigenvalue weighted by Crippen LogP contribution is -2.34. The van der Waals surface area contributed by atoms with Crippen LogP contribution in [0.15, 0.2) is 64.2 Å². The summed E-state index contributed by atoms with van der Waals surface area (Å²) >= 11 is 0. The maximum atomic E-state index is 12.9. The number of carbonyl (C=O) groups is 1. The first-order valence-electron chi connectivity index (χ1n) is 9.83. The van der Waals surface area contributed by atoms with Gasteiger partial charge in [-0.2, -0.15) is 0 Å². The number of hydrogen-bond acceptors (Lipinski definition) is 4. The molecule has 1 aromatic heterocycles. The Morgan fingerprint density at radius 3 is 2.52 bits per heavy atom. The Balaban J connectivity index is 1.51. The van der Waals surface area contributed by atoms with Crippen molar-refractivity contribution in [2.24, 2.45) is 11.7 Å². The first kappa shape index (κ1) is 19.1. The van der Waals surface area contributed by atoms with Crippen LogP contribution in [0.5, 0.6) is 0 Å². The number of benzene rings is 2. The zero-order valence-electron chi connectivity index (χ0n) is 16.1. The number of H-pyrrole nitrogens is 1. The van der Waals surface area contributed by atoms with Crippen LogP contribution in [-0.4, -0.2) is 40.0 Å². The van der Waals surface area contributed by atoms with Crippen LogP contribution in [0.2, 0.25) is 0 Å². The van der Waals surface area contributed by atoms with Gasteiger partial charge in [-0.25, -0.2) is 4.79 Å². The predicted molar refractivity (Wildman–Crippen MR) is 112 cm³/mol. The quantitative estimate of drug-likeness (QED) is 0.683. The summed E-state index contributed by atoms with van der Waals surface area (Å²) in [6.45, 7) is 1.99. The van der Waals surface area contributed by atoms with Crippen molar-refractivity contribution in [2.45, 2.75) is 18.9 Å². The Morgan fingerprint density at radius 1 is 1.03 bits per heavy atom. The number of nitrogens with one attached hydrogen (secondary N) is 1. The van der Waals surface area contributed by atoms with Crippen LogP contribution in [0, 0.1) is 5.92 Å². The van der Waals surface area contributed by atoms with Crippen molar-refractivity contribution < 1.29 is 4.79 Å². The second kappa shape index (κ2) is 8.05. The molecule has 1 fully saturated rings. The molecule has 0 unspecified atom stereocenters. The van der Waals surface area contributed by atoms with Crippen LogP contribution in [0.3, 0.4) is 0 Å². The van der Waals surface area contributed by atoms with Gasteiger partial charge in [0.05, 0.1) is 10.9 Å². The molecule has 1 amide bonds. The fraction of sp³-hybridized carbons (Fsp3) is 0.318. The number of aromatic nitrogens is 2. The fourth-order valence-corrected chi connectivity index (χ4v) is 4.22. The Kier molecular flexibility index (Phi) is 5.31. The molecule has 7 heteroatoms. The fourth-order valence-electron chi connectivity index (χ4n) is 4.22. The van der Waals surface area contributed by atoms with Gasteiger partial charge in [-0.1, -0.05) is 42.5 Å². The second-order valence-corrected chi connectivity index (χ2v) is 7.49. The van der Waals surface area contributed by atoms with Gasteiger partial charge in [0.15, 0.2) is 0 Å². The molecule has 1 aliphatic rings. The topological polar surface area (TPSA) is 101 Å². The third-order valence-electron chi connectivity index (χ3n) is 5.78. The highest BCUT2D eigenvalue weighted by Crippen LogP contribution is 2.32. The van der Waals surface area contributed by atoms with Gasteiger partial charge in [-0.3, -0.25) is 19.1 Å². The summed E-state index contributed by atoms with van der Waals surface area (Å²) in [4.78, 5) is 41.3. The minimum Gasteiger partial charge on any atom is -0.342 e. The number of amides is 1. The molecule has 3 N–H and O–H groups in total. The SMILES string of the molecule is NC[C@@H]1CN(C(=O)CCn2c(=O)[nH]c(=O)c3ccccc32)C[C@H]1c1ccccc1. The maximum Gasteiger partial charge on any atom is 0.328 e. The number of nitrogens with two attached hydrogens (primary N) is 1. The molecule has 1 saturated heterocycles. The molecule has 0 radical (unpaired) electrons. The number of rotatable bonds is 5. The molecule has 1 aliphatic heterocycles. The third-order valence-corrected chi connectivity index (χ3v) is 5.78. The maximum absolute atomic E-state index is 12.9. The van der Waals surface area contributed by atoms with E-state index in [-0.39, 0.29) is 30.7 Å². The first-order chi connectivity index (χ1) is 14.1. The average molecular weight is 392 g/mol. The summed E-state index contributed by atoms with van der Waals surface area (Å²) in [6.07, 6.45) is 0.189. The highest BCUT2D eigenvalue weighted by Gasteiger charge is 2.35. The van der Waals surface area contributed by atoms with Gasteiger partial charge in [0, 0.05) is 32.0 Å². The summed E-state index contributed by atoms with van der Waals surface area (Å²) in [7, 11) is 0. The molecule has 2 atom stereocenters. The van der Waals surface area contributed by atoms with Crippen molar-refractivity contribution in [3.8, 4) is 0 Å². The molecule has 0 spiro atoms. The molecular weight excluding hydrogens is 368 g/mol. The first-order valence-corrected chi connectivity index (χ1v) is 9.83. The predicted octanol–water partition coefficient (Wildman–Crippen LogP) is 1.28. The van der Waals surface area contributed by atoms with Crippen molar-refractivity contribution in [1.82, 2.24) is 14.5 Å². The molecule has 0 aliphatic carbocycles. The molecule has 2 heterocycles. The summed E-state index contributed by atoms with van der Waals surface area (Å²) < 4.78 is 1.46. The molecule has 3 aromatic rings. The summed E-state index contributed by atoms with van der Waals surface area (Å²) in [6, 6.07) is 17.0. The van der Waals surface area contributed by atoms with Gasteiger partial charge < -0.3 is 10.6 Å². The van der Waals surface area contributed by atoms with Crippen LogP contribution in [0.4, 0.5) is 0 Å². The monoisotopic (exact) mass is 392 g/mol. The van der Waals surface area contributed by atoms with Gasteiger partial charge in [0.25, 0.3) is 5.56 Å². The number of aryl methyl sites for hydroxylation is 1. The largest absolute Gasteiger partial charge is 0.342 e. The standard InChI is InChI=1S/C22H24N4O3/c23-12-16-13-25(14-18(16)15-6-2-1-3-7-15)20(27)10-11-26-19-9-5-4-8-17(19)21(28)24-22(26)29/h1-9,16,18H,10-14,23H2,(H,24,28,29)/t16-,18+/m1/s1. The van der Waals surface area contributed by atoms with E-state index in [4.69, 9.17) is 5.73 Å². The van der Waals surface area contributed by atoms with Crippen LogP contribution in [-0.2, 0) is 11.3 Å². The molecule has 4 rings (SSSR count). The van der Waals surface area contributed by atoms with Crippen molar-refractivity contribution in [3.63, 3.8) is 0 Å². The summed E-state index contributed by atoms with van der Waals surface area (Å²) in [5, 5.41) is 0.438. The van der Waals surface area contributed by atoms with Crippen molar-refractivity contribution in [2.75, 3.05) is 19.6 Å². The normalized spacial score (nSPS) is 19.0. The molecule has 29 heavy (non-hydrogen) atoms. The van der Waals surface area contributed by atoms with Crippen LogP contribution in [0.1, 0.15) is 17.9 Å². The third kappa shape index (κ3) is 3.73. The number of likely N-dealkylation sites (tertiary alicyclic amines) is 1. The highest BCUT2D eigenvalue weighted by molar-refractivity contribution is 5.79. The number of nitrogens with zero attached hydrogens (tertiary/aromatic N) is 2. The summed E-state index contributed by atoms with van der Waals surface area (Å²) in [5.41, 5.74) is 6.79. The van der Waals surface area contributed by atoms with E-state index in [1.54, 1.807) is 24.3 Å². The van der Waals surface area contributed by atoms with Crippen molar-refractivity contribution >= 4 is 16.8 Å². The van der Waals surface area contributed by atoms with Gasteiger partial charge in [0.2, 0.25) is 5.91 Å². The smallest absolute Gasteiger partial charge is 0.328 e. The Labute approximate surface area is 167 Å². The van der Waals surface area contributed by atoms with Gasteiger partial charge in [-0.15, -0.1) is 0 Å². The zero-order chi connectivity index (χ0) is 20.4. The lowest BCUT2D eigenvalue weighted by atomic mass is 9.89. The van der Waals surface area contributed by atoms with Crippen molar-refractivity contribution in [1.29, 1.82) is 0 Å². The molecule has 7 nitrogen and oxygen atoms in total. The lowest BCUT2D eigenvalue weighted by molar-refractivity contribution is -0.130. The van der Waals surface area contributed by atoms with E-state index < -0.39 is 11.2 Å². The Bertz CT molecular complexity index is 1140.